The minimum atomic E-state index is -3.45. The van der Waals surface area contributed by atoms with Crippen LogP contribution in [0.15, 0.2) is 52.7 Å². The SMILES string of the molecule is COc1cccc(-c2csc(CN3CCN(S(=O)(=O)c4ccc(C)c(C)c4)CC3)n2)c1. The van der Waals surface area contributed by atoms with Gasteiger partial charge < -0.3 is 4.74 Å². The molecule has 0 radical (unpaired) electrons. The molecule has 8 heteroatoms. The molecule has 6 nitrogen and oxygen atoms in total. The molecular formula is C23H27N3O3S2. The van der Waals surface area contributed by atoms with Gasteiger partial charge in [0.25, 0.3) is 0 Å². The number of aryl methyl sites for hydroxylation is 2. The minimum absolute atomic E-state index is 0.381. The van der Waals surface area contributed by atoms with Gasteiger partial charge in [-0.25, -0.2) is 13.4 Å². The van der Waals surface area contributed by atoms with Crippen LogP contribution in [-0.4, -0.2) is 55.9 Å². The lowest BCUT2D eigenvalue weighted by Gasteiger charge is -2.33. The number of nitrogens with zero attached hydrogens (tertiary/aromatic N) is 3. The van der Waals surface area contributed by atoms with Crippen LogP contribution in [0.3, 0.4) is 0 Å². The molecular weight excluding hydrogens is 430 g/mol. The van der Waals surface area contributed by atoms with Crippen molar-refractivity contribution in [2.75, 3.05) is 33.3 Å². The molecule has 31 heavy (non-hydrogen) atoms. The Morgan fingerprint density at radius 1 is 1.03 bits per heavy atom. The average molecular weight is 458 g/mol. The summed E-state index contributed by atoms with van der Waals surface area (Å²) in [7, 11) is -1.80. The van der Waals surface area contributed by atoms with Gasteiger partial charge in [0, 0.05) is 37.1 Å². The highest BCUT2D eigenvalue weighted by atomic mass is 32.2. The number of hydrogen-bond donors (Lipinski definition) is 0. The first-order valence-corrected chi connectivity index (χ1v) is 12.6. The van der Waals surface area contributed by atoms with Crippen LogP contribution in [0.4, 0.5) is 0 Å². The second kappa shape index (κ2) is 9.08. The number of benzene rings is 2. The normalized spacial score (nSPS) is 15.8. The Hall–Kier alpha value is -2.26. The van der Waals surface area contributed by atoms with E-state index in [4.69, 9.17) is 9.72 Å². The Morgan fingerprint density at radius 2 is 1.81 bits per heavy atom. The first-order chi connectivity index (χ1) is 14.9. The lowest BCUT2D eigenvalue weighted by Crippen LogP contribution is -2.48. The van der Waals surface area contributed by atoms with Gasteiger partial charge in [0.2, 0.25) is 10.0 Å². The summed E-state index contributed by atoms with van der Waals surface area (Å²) in [6, 6.07) is 13.2. The monoisotopic (exact) mass is 457 g/mol. The smallest absolute Gasteiger partial charge is 0.243 e. The van der Waals surface area contributed by atoms with Gasteiger partial charge in [-0.2, -0.15) is 4.31 Å². The molecule has 1 aliphatic heterocycles. The third-order valence-corrected chi connectivity index (χ3v) is 8.45. The molecule has 0 atom stereocenters. The van der Waals surface area contributed by atoms with Crippen LogP contribution in [0.2, 0.25) is 0 Å². The van der Waals surface area contributed by atoms with Crippen molar-refractivity contribution in [2.24, 2.45) is 0 Å². The lowest BCUT2D eigenvalue weighted by atomic mass is 10.1. The van der Waals surface area contributed by atoms with Crippen molar-refractivity contribution < 1.29 is 13.2 Å². The fourth-order valence-electron chi connectivity index (χ4n) is 3.64. The first-order valence-electron chi connectivity index (χ1n) is 10.3. The summed E-state index contributed by atoms with van der Waals surface area (Å²) in [5.74, 6) is 0.813. The van der Waals surface area contributed by atoms with E-state index in [0.717, 1.165) is 39.7 Å². The van der Waals surface area contributed by atoms with Crippen LogP contribution in [0, 0.1) is 13.8 Å². The van der Waals surface area contributed by atoms with Gasteiger partial charge >= 0.3 is 0 Å². The van der Waals surface area contributed by atoms with E-state index in [1.165, 1.54) is 0 Å². The zero-order chi connectivity index (χ0) is 22.0. The summed E-state index contributed by atoms with van der Waals surface area (Å²) in [6.45, 7) is 7.03. The van der Waals surface area contributed by atoms with Crippen molar-refractivity contribution in [1.29, 1.82) is 0 Å². The number of piperazine rings is 1. The maximum atomic E-state index is 13.0. The number of rotatable bonds is 6. The zero-order valence-electron chi connectivity index (χ0n) is 18.0. The number of aromatic nitrogens is 1. The predicted molar refractivity (Wildman–Crippen MR) is 124 cm³/mol. The topological polar surface area (TPSA) is 62.7 Å². The number of methoxy groups -OCH3 is 1. The van der Waals surface area contributed by atoms with Crippen LogP contribution in [-0.2, 0) is 16.6 Å². The van der Waals surface area contributed by atoms with Gasteiger partial charge in [0.1, 0.15) is 10.8 Å². The van der Waals surface area contributed by atoms with E-state index in [1.807, 2.05) is 44.2 Å². The molecule has 1 fully saturated rings. The molecule has 0 unspecified atom stereocenters. The maximum absolute atomic E-state index is 13.0. The highest BCUT2D eigenvalue weighted by molar-refractivity contribution is 7.89. The fourth-order valence-corrected chi connectivity index (χ4v) is 5.99. The molecule has 2 aromatic carbocycles. The van der Waals surface area contributed by atoms with E-state index in [-0.39, 0.29) is 0 Å². The molecule has 0 spiro atoms. The largest absolute Gasteiger partial charge is 0.497 e. The van der Waals surface area contributed by atoms with Crippen LogP contribution in [0.5, 0.6) is 5.75 Å². The molecule has 3 aromatic rings. The number of sulfonamides is 1. The zero-order valence-corrected chi connectivity index (χ0v) is 19.7. The molecule has 1 aromatic heterocycles. The van der Waals surface area contributed by atoms with Gasteiger partial charge in [-0.15, -0.1) is 11.3 Å². The van der Waals surface area contributed by atoms with Gasteiger partial charge in [0.05, 0.1) is 24.2 Å². The first kappa shape index (κ1) is 22.0. The maximum Gasteiger partial charge on any atom is 0.243 e. The van der Waals surface area contributed by atoms with Crippen molar-refractivity contribution >= 4 is 21.4 Å². The Kier molecular flexibility index (Phi) is 6.43. The second-order valence-electron chi connectivity index (χ2n) is 7.78. The van der Waals surface area contributed by atoms with Crippen molar-refractivity contribution in [3.8, 4) is 17.0 Å². The quantitative estimate of drug-likeness (QED) is 0.561. The molecule has 0 N–H and O–H groups in total. The molecule has 2 heterocycles. The van der Waals surface area contributed by atoms with Crippen LogP contribution < -0.4 is 4.74 Å². The molecule has 1 aliphatic rings. The highest BCUT2D eigenvalue weighted by Gasteiger charge is 2.29. The lowest BCUT2D eigenvalue weighted by molar-refractivity contribution is 0.181. The second-order valence-corrected chi connectivity index (χ2v) is 10.7. The summed E-state index contributed by atoms with van der Waals surface area (Å²) < 4.78 is 32.9. The van der Waals surface area contributed by atoms with Crippen LogP contribution >= 0.6 is 11.3 Å². The molecule has 164 valence electrons. The summed E-state index contributed by atoms with van der Waals surface area (Å²) in [4.78, 5) is 7.42. The number of thiazole rings is 1. The van der Waals surface area contributed by atoms with Crippen molar-refractivity contribution in [1.82, 2.24) is 14.2 Å². The number of hydrogen-bond acceptors (Lipinski definition) is 6. The third-order valence-electron chi connectivity index (χ3n) is 5.72. The molecule has 0 bridgehead atoms. The van der Waals surface area contributed by atoms with Gasteiger partial charge in [-0.1, -0.05) is 18.2 Å². The standard InChI is InChI=1S/C23H27N3O3S2/c1-17-7-8-21(13-18(17)2)31(27,28)26-11-9-25(10-12-26)15-23-24-22(16-30-23)19-5-4-6-20(14-19)29-3/h4-8,13-14,16H,9-12,15H2,1-3H3. The molecule has 0 saturated carbocycles. The predicted octanol–water partition coefficient (Wildman–Crippen LogP) is 3.94. The average Bonchev–Trinajstić information content (AvgIpc) is 3.24. The highest BCUT2D eigenvalue weighted by Crippen LogP contribution is 2.26. The van der Waals surface area contributed by atoms with Gasteiger partial charge in [-0.05, 0) is 49.2 Å². The fraction of sp³-hybridized carbons (Fsp3) is 0.348. The van der Waals surface area contributed by atoms with E-state index in [1.54, 1.807) is 34.9 Å². The van der Waals surface area contributed by atoms with Crippen molar-refractivity contribution in [3.63, 3.8) is 0 Å². The molecule has 0 aliphatic carbocycles. The van der Waals surface area contributed by atoms with E-state index >= 15 is 0 Å². The number of ether oxygens (including phenoxy) is 1. The summed E-state index contributed by atoms with van der Waals surface area (Å²) in [5.41, 5.74) is 4.07. The Labute approximate surface area is 188 Å². The van der Waals surface area contributed by atoms with Gasteiger partial charge in [0.15, 0.2) is 0 Å². The van der Waals surface area contributed by atoms with Crippen LogP contribution in [0.1, 0.15) is 16.1 Å². The van der Waals surface area contributed by atoms with Crippen LogP contribution in [0.25, 0.3) is 11.3 Å². The van der Waals surface area contributed by atoms with E-state index in [0.29, 0.717) is 31.1 Å². The molecule has 4 rings (SSSR count). The summed E-state index contributed by atoms with van der Waals surface area (Å²) >= 11 is 1.63. The summed E-state index contributed by atoms with van der Waals surface area (Å²) in [6.07, 6.45) is 0. The van der Waals surface area contributed by atoms with Gasteiger partial charge in [-0.3, -0.25) is 4.90 Å². The van der Waals surface area contributed by atoms with E-state index in [2.05, 4.69) is 10.3 Å². The molecule has 0 amide bonds. The third kappa shape index (κ3) is 4.82. The minimum Gasteiger partial charge on any atom is -0.497 e. The Balaban J connectivity index is 1.38. The summed E-state index contributed by atoms with van der Waals surface area (Å²) in [5, 5.41) is 3.09. The Morgan fingerprint density at radius 3 is 2.52 bits per heavy atom. The van der Waals surface area contributed by atoms with Crippen molar-refractivity contribution in [2.45, 2.75) is 25.3 Å². The molecule has 1 saturated heterocycles. The Bertz CT molecular complexity index is 1170. The van der Waals surface area contributed by atoms with E-state index in [9.17, 15) is 8.42 Å². The van der Waals surface area contributed by atoms with Crippen molar-refractivity contribution in [3.05, 3.63) is 64.0 Å². The van der Waals surface area contributed by atoms with E-state index < -0.39 is 10.0 Å².